The molecule has 0 spiro atoms. The molecule has 0 aliphatic carbocycles. The number of benzene rings is 2. The van der Waals surface area contributed by atoms with Crippen molar-refractivity contribution in [2.45, 2.75) is 71.9 Å². The van der Waals surface area contributed by atoms with Gasteiger partial charge in [0.05, 0.1) is 10.9 Å². The number of hydrogen-bond donors (Lipinski definition) is 0. The van der Waals surface area contributed by atoms with Gasteiger partial charge < -0.3 is 4.90 Å². The summed E-state index contributed by atoms with van der Waals surface area (Å²) in [6, 6.07) is 17.3. The van der Waals surface area contributed by atoms with Crippen LogP contribution in [0.1, 0.15) is 63.4 Å². The zero-order valence-electron chi connectivity index (χ0n) is 20.1. The molecule has 2 aromatic carbocycles. The van der Waals surface area contributed by atoms with Gasteiger partial charge in [0.15, 0.2) is 0 Å². The van der Waals surface area contributed by atoms with E-state index in [9.17, 15) is 4.79 Å². The molecule has 0 amide bonds. The third-order valence-electron chi connectivity index (χ3n) is 6.83. The molecule has 0 bridgehead atoms. The SMILES string of the molecule is CC(C)c1nc2ccc(CCc3ccccc3)cc2c(=O)n1C[C@H]1CCCN(C(C)C)C1. The fourth-order valence-electron chi connectivity index (χ4n) is 4.96. The Labute approximate surface area is 192 Å². The first-order valence-electron chi connectivity index (χ1n) is 12.2. The number of hydrogen-bond acceptors (Lipinski definition) is 3. The standard InChI is InChI=1S/C28H37N3O/c1-20(2)27-29-26-15-14-23(13-12-22-9-6-5-7-10-22)17-25(26)28(32)31(27)19-24-11-8-16-30(18-24)21(3)4/h5-7,9-10,14-15,17,20-21,24H,8,11-13,16,18-19H2,1-4H3/t24-/m0/s1. The van der Waals surface area contributed by atoms with E-state index in [0.29, 0.717) is 12.0 Å². The monoisotopic (exact) mass is 431 g/mol. The van der Waals surface area contributed by atoms with Gasteiger partial charge in [-0.3, -0.25) is 9.36 Å². The Balaban J connectivity index is 1.63. The molecule has 4 rings (SSSR count). The van der Waals surface area contributed by atoms with E-state index in [0.717, 1.165) is 42.7 Å². The summed E-state index contributed by atoms with van der Waals surface area (Å²) in [6.45, 7) is 11.8. The molecule has 2 heterocycles. The van der Waals surface area contributed by atoms with Gasteiger partial charge in [-0.05, 0) is 75.3 Å². The normalized spacial score (nSPS) is 17.5. The second kappa shape index (κ2) is 9.99. The molecule has 170 valence electrons. The van der Waals surface area contributed by atoms with Crippen molar-refractivity contribution in [2.75, 3.05) is 13.1 Å². The molecule has 1 atom stereocenters. The molecule has 32 heavy (non-hydrogen) atoms. The molecular weight excluding hydrogens is 394 g/mol. The van der Waals surface area contributed by atoms with Crippen LogP contribution >= 0.6 is 0 Å². The van der Waals surface area contributed by atoms with Crippen molar-refractivity contribution in [3.05, 3.63) is 75.8 Å². The van der Waals surface area contributed by atoms with Crippen LogP contribution in [0.4, 0.5) is 0 Å². The molecule has 3 aromatic rings. The van der Waals surface area contributed by atoms with Crippen molar-refractivity contribution >= 4 is 10.9 Å². The second-order valence-corrected chi connectivity index (χ2v) is 9.97. The van der Waals surface area contributed by atoms with Gasteiger partial charge in [0.1, 0.15) is 5.82 Å². The fraction of sp³-hybridized carbons (Fsp3) is 0.500. The van der Waals surface area contributed by atoms with Gasteiger partial charge in [0.25, 0.3) is 5.56 Å². The highest BCUT2D eigenvalue weighted by Gasteiger charge is 2.24. The maximum Gasteiger partial charge on any atom is 0.261 e. The van der Waals surface area contributed by atoms with Gasteiger partial charge in [-0.1, -0.05) is 50.2 Å². The lowest BCUT2D eigenvalue weighted by Gasteiger charge is -2.36. The van der Waals surface area contributed by atoms with E-state index in [2.05, 4.69) is 69.0 Å². The van der Waals surface area contributed by atoms with Crippen molar-refractivity contribution in [3.8, 4) is 0 Å². The molecule has 4 heteroatoms. The van der Waals surface area contributed by atoms with Gasteiger partial charge in [-0.25, -0.2) is 4.98 Å². The first-order valence-corrected chi connectivity index (χ1v) is 12.2. The van der Waals surface area contributed by atoms with Crippen LogP contribution in [0.5, 0.6) is 0 Å². The molecule has 4 nitrogen and oxygen atoms in total. The molecule has 1 aromatic heterocycles. The van der Waals surface area contributed by atoms with Crippen LogP contribution in [-0.4, -0.2) is 33.6 Å². The lowest BCUT2D eigenvalue weighted by Crippen LogP contribution is -2.42. The highest BCUT2D eigenvalue weighted by atomic mass is 16.1. The summed E-state index contributed by atoms with van der Waals surface area (Å²) >= 11 is 0. The highest BCUT2D eigenvalue weighted by molar-refractivity contribution is 5.78. The number of aryl methyl sites for hydroxylation is 2. The summed E-state index contributed by atoms with van der Waals surface area (Å²) in [5, 5.41) is 0.761. The minimum Gasteiger partial charge on any atom is -0.301 e. The van der Waals surface area contributed by atoms with E-state index in [1.807, 2.05) is 16.7 Å². The van der Waals surface area contributed by atoms with Crippen LogP contribution in [0.3, 0.4) is 0 Å². The maximum absolute atomic E-state index is 13.7. The molecule has 0 saturated carbocycles. The van der Waals surface area contributed by atoms with Crippen LogP contribution in [0, 0.1) is 5.92 Å². The van der Waals surface area contributed by atoms with Crippen molar-refractivity contribution in [2.24, 2.45) is 5.92 Å². The van der Waals surface area contributed by atoms with Gasteiger partial charge in [-0.2, -0.15) is 0 Å². The van der Waals surface area contributed by atoms with E-state index in [-0.39, 0.29) is 11.5 Å². The third kappa shape index (κ3) is 5.12. The van der Waals surface area contributed by atoms with Crippen LogP contribution < -0.4 is 5.56 Å². The van der Waals surface area contributed by atoms with Crippen LogP contribution in [0.25, 0.3) is 10.9 Å². The Morgan fingerprint density at radius 2 is 1.75 bits per heavy atom. The van der Waals surface area contributed by atoms with E-state index in [1.54, 1.807) is 0 Å². The Hall–Kier alpha value is -2.46. The Morgan fingerprint density at radius 3 is 2.47 bits per heavy atom. The Morgan fingerprint density at radius 1 is 1.00 bits per heavy atom. The van der Waals surface area contributed by atoms with Crippen LogP contribution in [0.2, 0.25) is 0 Å². The number of aromatic nitrogens is 2. The Kier molecular flexibility index (Phi) is 7.10. The molecule has 0 radical (unpaired) electrons. The van der Waals surface area contributed by atoms with Gasteiger partial charge >= 0.3 is 0 Å². The average Bonchev–Trinajstić information content (AvgIpc) is 2.80. The van der Waals surface area contributed by atoms with Crippen molar-refractivity contribution < 1.29 is 0 Å². The number of rotatable bonds is 7. The first-order chi connectivity index (χ1) is 15.4. The predicted molar refractivity (Wildman–Crippen MR) is 133 cm³/mol. The number of piperidine rings is 1. The van der Waals surface area contributed by atoms with Gasteiger partial charge in [0, 0.05) is 25.0 Å². The molecule has 0 unspecified atom stereocenters. The second-order valence-electron chi connectivity index (χ2n) is 9.97. The lowest BCUT2D eigenvalue weighted by atomic mass is 9.96. The topological polar surface area (TPSA) is 38.1 Å². The zero-order chi connectivity index (χ0) is 22.7. The molecular formula is C28H37N3O. The summed E-state index contributed by atoms with van der Waals surface area (Å²) in [4.78, 5) is 21.2. The van der Waals surface area contributed by atoms with Crippen molar-refractivity contribution in [1.82, 2.24) is 14.5 Å². The number of fused-ring (bicyclic) bond motifs is 1. The third-order valence-corrected chi connectivity index (χ3v) is 6.83. The number of nitrogens with zero attached hydrogens (tertiary/aromatic N) is 3. The highest BCUT2D eigenvalue weighted by Crippen LogP contribution is 2.23. The lowest BCUT2D eigenvalue weighted by molar-refractivity contribution is 0.129. The number of likely N-dealkylation sites (tertiary alicyclic amines) is 1. The predicted octanol–water partition coefficient (Wildman–Crippen LogP) is 5.43. The Bertz CT molecular complexity index is 1100. The smallest absolute Gasteiger partial charge is 0.261 e. The summed E-state index contributed by atoms with van der Waals surface area (Å²) in [6.07, 6.45) is 4.30. The van der Waals surface area contributed by atoms with Gasteiger partial charge in [0.2, 0.25) is 0 Å². The summed E-state index contributed by atoms with van der Waals surface area (Å²) in [5.41, 5.74) is 3.48. The van der Waals surface area contributed by atoms with E-state index in [4.69, 9.17) is 4.98 Å². The fourth-order valence-corrected chi connectivity index (χ4v) is 4.96. The van der Waals surface area contributed by atoms with Crippen LogP contribution in [0.15, 0.2) is 53.3 Å². The van der Waals surface area contributed by atoms with E-state index < -0.39 is 0 Å². The molecule has 1 fully saturated rings. The zero-order valence-corrected chi connectivity index (χ0v) is 20.1. The minimum atomic E-state index is 0.127. The summed E-state index contributed by atoms with van der Waals surface area (Å²) < 4.78 is 1.99. The molecule has 0 N–H and O–H groups in total. The van der Waals surface area contributed by atoms with Gasteiger partial charge in [-0.15, -0.1) is 0 Å². The largest absolute Gasteiger partial charge is 0.301 e. The maximum atomic E-state index is 13.7. The van der Waals surface area contributed by atoms with Crippen molar-refractivity contribution in [3.63, 3.8) is 0 Å². The summed E-state index contributed by atoms with van der Waals surface area (Å²) in [5.74, 6) is 1.64. The van der Waals surface area contributed by atoms with E-state index in [1.165, 1.54) is 30.5 Å². The minimum absolute atomic E-state index is 0.127. The molecule has 1 aliphatic heterocycles. The molecule has 1 aliphatic rings. The van der Waals surface area contributed by atoms with Crippen molar-refractivity contribution in [1.29, 1.82) is 0 Å². The first kappa shape index (κ1) is 22.7. The van der Waals surface area contributed by atoms with Crippen LogP contribution in [-0.2, 0) is 19.4 Å². The molecule has 1 saturated heterocycles. The summed E-state index contributed by atoms with van der Waals surface area (Å²) in [7, 11) is 0. The average molecular weight is 432 g/mol. The quantitative estimate of drug-likeness (QED) is 0.501. The van der Waals surface area contributed by atoms with E-state index >= 15 is 0 Å².